The number of rotatable bonds is 0. The van der Waals surface area contributed by atoms with Crippen molar-refractivity contribution in [1.82, 2.24) is 4.98 Å². The fourth-order valence-electron chi connectivity index (χ4n) is 5.89. The molecule has 0 amide bonds. The molecule has 0 radical (unpaired) electrons. The Balaban J connectivity index is 1.60. The molecule has 3 aliphatic rings. The average molecular weight is 293 g/mol. The summed E-state index contributed by atoms with van der Waals surface area (Å²) in [6.07, 6.45) is 8.77. The monoisotopic (exact) mass is 293 g/mol. The van der Waals surface area contributed by atoms with Crippen molar-refractivity contribution < 1.29 is 4.79 Å². The third kappa shape index (κ3) is 1.53. The predicted octanol–water partition coefficient (Wildman–Crippen LogP) is 4.59. The second-order valence-electron chi connectivity index (χ2n) is 7.95. The molecule has 3 aliphatic carbocycles. The van der Waals surface area contributed by atoms with Crippen LogP contribution in [0.1, 0.15) is 56.1 Å². The van der Waals surface area contributed by atoms with E-state index < -0.39 is 0 Å². The summed E-state index contributed by atoms with van der Waals surface area (Å²) in [5, 5.41) is 1.34. The van der Waals surface area contributed by atoms with Gasteiger partial charge >= 0.3 is 0 Å². The summed E-state index contributed by atoms with van der Waals surface area (Å²) in [4.78, 5) is 15.7. The zero-order valence-electron chi connectivity index (χ0n) is 13.2. The number of aromatic amines is 1. The second kappa shape index (κ2) is 4.24. The maximum Gasteiger partial charge on any atom is 0.139 e. The quantitative estimate of drug-likeness (QED) is 0.757. The summed E-state index contributed by atoms with van der Waals surface area (Å²) in [6.45, 7) is 2.26. The van der Waals surface area contributed by atoms with E-state index in [-0.39, 0.29) is 5.41 Å². The van der Waals surface area contributed by atoms with Gasteiger partial charge in [-0.05, 0) is 84.6 Å². The first kappa shape index (κ1) is 12.9. The van der Waals surface area contributed by atoms with Crippen LogP contribution in [0.3, 0.4) is 0 Å². The normalized spacial score (nSPS) is 37.0. The highest BCUT2D eigenvalue weighted by Crippen LogP contribution is 2.59. The fourth-order valence-corrected chi connectivity index (χ4v) is 5.89. The molecule has 1 heterocycles. The number of nitrogens with one attached hydrogen (secondary N) is 1. The van der Waals surface area contributed by atoms with Gasteiger partial charge in [0, 0.05) is 23.5 Å². The molecule has 0 bridgehead atoms. The van der Waals surface area contributed by atoms with E-state index in [0.29, 0.717) is 17.6 Å². The van der Waals surface area contributed by atoms with Crippen molar-refractivity contribution in [3.05, 3.63) is 35.5 Å². The first-order valence-corrected chi connectivity index (χ1v) is 8.80. The van der Waals surface area contributed by atoms with Crippen LogP contribution in [0.5, 0.6) is 0 Å². The molecule has 2 fully saturated rings. The number of carbonyl (C=O) groups is 1. The van der Waals surface area contributed by atoms with Crippen LogP contribution in [0.2, 0.25) is 0 Å². The Bertz CT molecular complexity index is 773. The van der Waals surface area contributed by atoms with Gasteiger partial charge in [-0.1, -0.05) is 6.92 Å². The highest BCUT2D eigenvalue weighted by atomic mass is 16.1. The number of hydrogen-bond donors (Lipinski definition) is 1. The van der Waals surface area contributed by atoms with E-state index in [1.807, 2.05) is 6.20 Å². The zero-order chi connectivity index (χ0) is 14.9. The molecular formula is C20H23NO. The summed E-state index contributed by atoms with van der Waals surface area (Å²) in [7, 11) is 0. The number of Topliss-reactive ketones (excluding diaryl/α,β-unsaturated/α-hetero) is 1. The molecule has 0 spiro atoms. The number of H-pyrrole nitrogens is 1. The van der Waals surface area contributed by atoms with Crippen LogP contribution >= 0.6 is 0 Å². The molecule has 114 valence electrons. The summed E-state index contributed by atoms with van der Waals surface area (Å²) in [5.74, 6) is 2.60. The molecule has 1 N–H and O–H groups in total. The Kier molecular flexibility index (Phi) is 2.49. The molecule has 2 heteroatoms. The first-order valence-electron chi connectivity index (χ1n) is 8.80. The smallest absolute Gasteiger partial charge is 0.139 e. The third-order valence-corrected chi connectivity index (χ3v) is 7.11. The number of ketones is 1. The molecule has 1 aromatic heterocycles. The molecule has 22 heavy (non-hydrogen) atoms. The molecule has 4 atom stereocenters. The van der Waals surface area contributed by atoms with Crippen LogP contribution in [0.4, 0.5) is 0 Å². The van der Waals surface area contributed by atoms with Crippen molar-refractivity contribution in [2.75, 3.05) is 0 Å². The first-order chi connectivity index (χ1) is 10.7. The lowest BCUT2D eigenvalue weighted by atomic mass is 9.55. The van der Waals surface area contributed by atoms with E-state index in [2.05, 4.69) is 30.1 Å². The topological polar surface area (TPSA) is 32.9 Å². The number of carbonyl (C=O) groups excluding carboxylic acids is 1. The van der Waals surface area contributed by atoms with Gasteiger partial charge in [-0.3, -0.25) is 4.79 Å². The van der Waals surface area contributed by atoms with Crippen molar-refractivity contribution >= 4 is 16.7 Å². The summed E-state index contributed by atoms with van der Waals surface area (Å²) >= 11 is 0. The van der Waals surface area contributed by atoms with Gasteiger partial charge in [0.15, 0.2) is 0 Å². The predicted molar refractivity (Wildman–Crippen MR) is 87.9 cm³/mol. The summed E-state index contributed by atoms with van der Waals surface area (Å²) in [5.41, 5.74) is 4.40. The van der Waals surface area contributed by atoms with Crippen molar-refractivity contribution in [3.8, 4) is 0 Å². The minimum atomic E-state index is -0.00312. The number of benzene rings is 1. The molecule has 2 aromatic rings. The molecule has 0 saturated heterocycles. The maximum absolute atomic E-state index is 12.4. The molecule has 1 aromatic carbocycles. The van der Waals surface area contributed by atoms with Crippen molar-refractivity contribution in [2.45, 2.75) is 51.4 Å². The SMILES string of the molecule is CC12CCC3c4cc5cc[nH]c5cc4CCC3C1CCC2=O. The van der Waals surface area contributed by atoms with Crippen molar-refractivity contribution in [1.29, 1.82) is 0 Å². The lowest BCUT2D eigenvalue weighted by Crippen LogP contribution is -2.42. The van der Waals surface area contributed by atoms with E-state index in [9.17, 15) is 4.79 Å². The van der Waals surface area contributed by atoms with Gasteiger partial charge in [-0.2, -0.15) is 0 Å². The summed E-state index contributed by atoms with van der Waals surface area (Å²) in [6, 6.07) is 6.98. The Morgan fingerprint density at radius 1 is 1.18 bits per heavy atom. The minimum Gasteiger partial charge on any atom is -0.361 e. The number of hydrogen-bond acceptors (Lipinski definition) is 1. The van der Waals surface area contributed by atoms with Crippen LogP contribution in [-0.4, -0.2) is 10.8 Å². The van der Waals surface area contributed by atoms with Crippen molar-refractivity contribution in [2.24, 2.45) is 17.3 Å². The lowest BCUT2D eigenvalue weighted by molar-refractivity contribution is -0.129. The Morgan fingerprint density at radius 2 is 2.09 bits per heavy atom. The van der Waals surface area contributed by atoms with Crippen LogP contribution in [0.25, 0.3) is 10.9 Å². The van der Waals surface area contributed by atoms with Crippen LogP contribution in [-0.2, 0) is 11.2 Å². The van der Waals surface area contributed by atoms with Crippen LogP contribution in [0.15, 0.2) is 24.4 Å². The largest absolute Gasteiger partial charge is 0.361 e. The standard InChI is InChI=1S/C20H23NO/c1-20-8-6-14-15(17(20)4-5-19(20)22)3-2-12-11-18-13(7-9-21-18)10-16(12)14/h7,9-11,14-15,17,21H,2-6,8H2,1H3. The minimum absolute atomic E-state index is 0.00312. The number of aromatic nitrogens is 1. The van der Waals surface area contributed by atoms with E-state index in [0.717, 1.165) is 25.2 Å². The van der Waals surface area contributed by atoms with E-state index >= 15 is 0 Å². The Morgan fingerprint density at radius 3 is 3.00 bits per heavy atom. The van der Waals surface area contributed by atoms with Crippen LogP contribution < -0.4 is 0 Å². The molecule has 0 aliphatic heterocycles. The number of aryl methyl sites for hydroxylation is 1. The van der Waals surface area contributed by atoms with Gasteiger partial charge in [0.2, 0.25) is 0 Å². The molecule has 2 saturated carbocycles. The third-order valence-electron chi connectivity index (χ3n) is 7.11. The van der Waals surface area contributed by atoms with E-state index in [1.54, 1.807) is 11.1 Å². The summed E-state index contributed by atoms with van der Waals surface area (Å²) < 4.78 is 0. The molecule has 2 nitrogen and oxygen atoms in total. The highest BCUT2D eigenvalue weighted by molar-refractivity contribution is 5.87. The molecule has 4 unspecified atom stereocenters. The molecular weight excluding hydrogens is 270 g/mol. The lowest BCUT2D eigenvalue weighted by Gasteiger charge is -2.48. The Labute approximate surface area is 131 Å². The van der Waals surface area contributed by atoms with E-state index in [1.165, 1.54) is 30.2 Å². The van der Waals surface area contributed by atoms with Gasteiger partial charge in [0.05, 0.1) is 0 Å². The maximum atomic E-state index is 12.4. The molecule has 5 rings (SSSR count). The van der Waals surface area contributed by atoms with Crippen molar-refractivity contribution in [3.63, 3.8) is 0 Å². The van der Waals surface area contributed by atoms with E-state index in [4.69, 9.17) is 0 Å². The van der Waals surface area contributed by atoms with Gasteiger partial charge in [-0.25, -0.2) is 0 Å². The number of fused-ring (bicyclic) bond motifs is 6. The van der Waals surface area contributed by atoms with Gasteiger partial charge < -0.3 is 4.98 Å². The van der Waals surface area contributed by atoms with Gasteiger partial charge in [-0.15, -0.1) is 0 Å². The fraction of sp³-hybridized carbons (Fsp3) is 0.550. The zero-order valence-corrected chi connectivity index (χ0v) is 13.2. The second-order valence-corrected chi connectivity index (χ2v) is 7.95. The highest BCUT2D eigenvalue weighted by Gasteiger charge is 2.54. The average Bonchev–Trinajstić information content (AvgIpc) is 3.09. The van der Waals surface area contributed by atoms with Gasteiger partial charge in [0.25, 0.3) is 0 Å². The Hall–Kier alpha value is -1.57. The van der Waals surface area contributed by atoms with Gasteiger partial charge in [0.1, 0.15) is 5.78 Å². The van der Waals surface area contributed by atoms with Crippen LogP contribution in [0, 0.1) is 17.3 Å².